The zero-order chi connectivity index (χ0) is 54.8. The van der Waals surface area contributed by atoms with Crippen LogP contribution in [0.2, 0.25) is 0 Å². The van der Waals surface area contributed by atoms with Crippen molar-refractivity contribution >= 4 is 33.3 Å². The largest absolute Gasteiger partial charge is 0.396 e. The number of ketones is 1. The van der Waals surface area contributed by atoms with E-state index in [-0.39, 0.29) is 95.5 Å². The second kappa shape index (κ2) is 21.1. The Kier molecular flexibility index (Phi) is 15.3. The Hall–Kier alpha value is -2.21. The van der Waals surface area contributed by atoms with Gasteiger partial charge in [0.25, 0.3) is 0 Å². The van der Waals surface area contributed by atoms with Crippen LogP contribution in [0.3, 0.4) is 0 Å². The first-order valence-electron chi connectivity index (χ1n) is 31.1. The molecule has 1 saturated heterocycles. The van der Waals surface area contributed by atoms with E-state index in [2.05, 4.69) is 54.1 Å². The van der Waals surface area contributed by atoms with Crippen LogP contribution in [0.25, 0.3) is 0 Å². The maximum Gasteiger partial charge on any atom is 0.190 e. The number of hydrogen-bond acceptors (Lipinski definition) is 12. The van der Waals surface area contributed by atoms with Gasteiger partial charge in [-0.3, -0.25) is 9.79 Å². The summed E-state index contributed by atoms with van der Waals surface area (Å²) in [5.74, 6) is -0.605. The lowest BCUT2D eigenvalue weighted by atomic mass is 9.37. The Bertz CT molecular complexity index is 2540. The predicted octanol–water partition coefficient (Wildman–Crippen LogP) is 8.37. The van der Waals surface area contributed by atoms with Crippen molar-refractivity contribution in [3.63, 3.8) is 0 Å². The fraction of sp³-hybridized carbons (Fsp3) is 0.825. The SMILES string of the molecule is CNC[C@H]1[C@@H](O)[C@@H](O)C[C@@]2(CCCC(C)C)[C@@H]1C(=O)C=C1[C@@H]2[C@H](CN=C(N)N[C@@H](C)O)[C@H]2CC[C@@H]3[C@@H]4[C@H](O)[C@@H]5C6=C(CCC[C@H]63)[C@H]3C(=C5C(C)(C)C[C@@H](n5ccnc5)CSSC[C@H]5C[C@H]4[C@]2(CO)[C@]15O)CCCC31CCCC1. The third-order valence-electron chi connectivity index (χ3n) is 24.3. The van der Waals surface area contributed by atoms with Gasteiger partial charge in [-0.05, 0) is 179 Å². The van der Waals surface area contributed by atoms with Crippen molar-refractivity contribution in [2.24, 2.45) is 109 Å². The van der Waals surface area contributed by atoms with E-state index in [1.807, 2.05) is 41.2 Å². The van der Waals surface area contributed by atoms with E-state index in [1.54, 1.807) is 29.7 Å². The summed E-state index contributed by atoms with van der Waals surface area (Å²) < 4.78 is 2.32. The summed E-state index contributed by atoms with van der Waals surface area (Å²) in [7, 11) is 5.53. The Labute approximate surface area is 473 Å². The van der Waals surface area contributed by atoms with Gasteiger partial charge < -0.3 is 51.6 Å². The van der Waals surface area contributed by atoms with Crippen LogP contribution >= 0.6 is 21.6 Å². The Balaban J connectivity index is 1.11. The molecular formula is C63H96N6O7S2. The second-order valence-corrected chi connectivity index (χ2v) is 31.2. The van der Waals surface area contributed by atoms with Crippen LogP contribution in [0, 0.1) is 98.6 Å². The number of aliphatic hydroxyl groups is 6. The molecule has 12 rings (SSSR count). The summed E-state index contributed by atoms with van der Waals surface area (Å²) in [6, 6.07) is 0.135. The number of aliphatic imine (C=N–C) groups is 1. The molecule has 8 fully saturated rings. The highest BCUT2D eigenvalue weighted by Crippen LogP contribution is 2.78. The number of nitrogens with one attached hydrogen (secondary N) is 2. The third-order valence-corrected chi connectivity index (χ3v) is 26.9. The number of hydrogen-bond donors (Lipinski definition) is 9. The summed E-state index contributed by atoms with van der Waals surface area (Å²) in [5.41, 5.74) is 10.2. The van der Waals surface area contributed by atoms with Gasteiger partial charge in [0.2, 0.25) is 0 Å². The van der Waals surface area contributed by atoms with Crippen LogP contribution < -0.4 is 16.4 Å². The van der Waals surface area contributed by atoms with Crippen molar-refractivity contribution in [2.45, 2.75) is 186 Å². The average Bonchev–Trinajstić information content (AvgIpc) is 2.62. The van der Waals surface area contributed by atoms with Crippen LogP contribution in [0.1, 0.15) is 156 Å². The number of rotatable bonds is 11. The number of aliphatic hydroxyl groups excluding tert-OH is 5. The van der Waals surface area contributed by atoms with Crippen molar-refractivity contribution < 1.29 is 35.4 Å². The summed E-state index contributed by atoms with van der Waals surface area (Å²) in [4.78, 5) is 25.6. The van der Waals surface area contributed by atoms with E-state index in [0.29, 0.717) is 49.0 Å². The number of nitrogens with zero attached hydrogens (tertiary/aromatic N) is 3. The van der Waals surface area contributed by atoms with Crippen molar-refractivity contribution in [3.05, 3.63) is 52.7 Å². The highest BCUT2D eigenvalue weighted by atomic mass is 33.1. The zero-order valence-corrected chi connectivity index (χ0v) is 49.4. The zero-order valence-electron chi connectivity index (χ0n) is 47.8. The van der Waals surface area contributed by atoms with Crippen LogP contribution in [-0.2, 0) is 4.79 Å². The Morgan fingerprint density at radius 1 is 0.949 bits per heavy atom. The van der Waals surface area contributed by atoms with Gasteiger partial charge >= 0.3 is 0 Å². The summed E-state index contributed by atoms with van der Waals surface area (Å²) in [6.45, 7) is 11.3. The maximum atomic E-state index is 15.9. The lowest BCUT2D eigenvalue weighted by Gasteiger charge is -2.68. The van der Waals surface area contributed by atoms with E-state index in [4.69, 9.17) is 10.7 Å². The van der Waals surface area contributed by atoms with Gasteiger partial charge in [-0.15, -0.1) is 0 Å². The average molecular weight is 1110 g/mol. The van der Waals surface area contributed by atoms with E-state index < -0.39 is 58.7 Å². The molecule has 2 heterocycles. The monoisotopic (exact) mass is 1110 g/mol. The highest BCUT2D eigenvalue weighted by molar-refractivity contribution is 8.76. The number of carbonyl (C=O) groups excluding carboxylic acids is 1. The molecule has 432 valence electrons. The normalized spacial score (nSPS) is 44.9. The minimum absolute atomic E-state index is 0.107. The molecule has 0 amide bonds. The molecule has 1 spiro atoms. The Morgan fingerprint density at radius 3 is 2.42 bits per heavy atom. The second-order valence-electron chi connectivity index (χ2n) is 28.7. The minimum Gasteiger partial charge on any atom is -0.396 e. The molecule has 13 nitrogen and oxygen atoms in total. The molecule has 7 saturated carbocycles. The van der Waals surface area contributed by atoms with E-state index >= 15 is 9.90 Å². The lowest BCUT2D eigenvalue weighted by molar-refractivity contribution is -0.220. The molecule has 0 radical (unpaired) electrons. The molecule has 0 aromatic carbocycles. The summed E-state index contributed by atoms with van der Waals surface area (Å²) in [6.07, 6.45) is 21.6. The fourth-order valence-electron chi connectivity index (χ4n) is 22.3. The molecular weight excluding hydrogens is 1020 g/mol. The Morgan fingerprint density at radius 2 is 1.71 bits per heavy atom. The maximum absolute atomic E-state index is 15.9. The number of carbonyl (C=O) groups is 1. The molecule has 78 heavy (non-hydrogen) atoms. The molecule has 10 N–H and O–H groups in total. The number of fused-ring (bicyclic) bond motifs is 10. The summed E-state index contributed by atoms with van der Waals surface area (Å²) in [5, 5.41) is 83.9. The van der Waals surface area contributed by atoms with E-state index in [9.17, 15) is 25.5 Å². The fourth-order valence-corrected chi connectivity index (χ4v) is 25.0. The predicted molar refractivity (Wildman–Crippen MR) is 310 cm³/mol. The van der Waals surface area contributed by atoms with Crippen LogP contribution in [0.5, 0.6) is 0 Å². The molecule has 15 heteroatoms. The first-order chi connectivity index (χ1) is 37.4. The van der Waals surface area contributed by atoms with Crippen molar-refractivity contribution in [3.8, 4) is 0 Å². The van der Waals surface area contributed by atoms with Gasteiger partial charge in [0.15, 0.2) is 11.7 Å². The number of imidazole rings is 1. The van der Waals surface area contributed by atoms with Crippen LogP contribution in [0.4, 0.5) is 0 Å². The molecule has 10 aliphatic carbocycles. The lowest BCUT2D eigenvalue weighted by Crippen LogP contribution is -2.72. The smallest absolute Gasteiger partial charge is 0.190 e. The molecule has 4 bridgehead atoms. The van der Waals surface area contributed by atoms with Gasteiger partial charge in [0.1, 0.15) is 6.23 Å². The number of guanidine groups is 1. The van der Waals surface area contributed by atoms with Gasteiger partial charge in [-0.1, -0.05) is 97.3 Å². The summed E-state index contributed by atoms with van der Waals surface area (Å²) >= 11 is 0. The minimum atomic E-state index is -1.65. The third kappa shape index (κ3) is 8.40. The highest BCUT2D eigenvalue weighted by Gasteiger charge is 2.79. The quantitative estimate of drug-likeness (QED) is 0.0335. The van der Waals surface area contributed by atoms with E-state index in [1.165, 1.54) is 44.1 Å². The molecule has 1 aromatic heterocycles. The van der Waals surface area contributed by atoms with Crippen LogP contribution in [-0.4, -0.2) is 120 Å². The topological polar surface area (TPSA) is 219 Å². The first kappa shape index (κ1) is 56.3. The number of nitrogens with two attached hydrogens (primary N) is 1. The molecule has 11 aliphatic rings. The number of aromatic nitrogens is 2. The first-order valence-corrected chi connectivity index (χ1v) is 33.6. The van der Waals surface area contributed by atoms with E-state index in [0.717, 1.165) is 57.1 Å². The van der Waals surface area contributed by atoms with Gasteiger partial charge in [-0.25, -0.2) is 4.98 Å². The molecule has 0 unspecified atom stereocenters. The number of allylic oxidation sites excluding steroid dienone is 3. The van der Waals surface area contributed by atoms with Crippen molar-refractivity contribution in [1.82, 2.24) is 20.2 Å². The van der Waals surface area contributed by atoms with Gasteiger partial charge in [-0.2, -0.15) is 0 Å². The van der Waals surface area contributed by atoms with Gasteiger partial charge in [0, 0.05) is 78.0 Å². The molecule has 1 aromatic rings. The van der Waals surface area contributed by atoms with Crippen molar-refractivity contribution in [2.75, 3.05) is 38.2 Å². The van der Waals surface area contributed by atoms with Gasteiger partial charge in [0.05, 0.1) is 36.8 Å². The molecule has 1 aliphatic heterocycles. The molecule has 20 atom stereocenters. The standard InChI is InChI=1S/C63H96N6O7S2/c1-34(2)12-10-21-61-27-48(73)56(74)43(28-65-6)54(61)47(72)25-46-53(61)42(29-67-58(64)68-35(3)71)44-17-16-39-38-13-9-14-40-49(38)51-55(41-15-11-20-60(52(40)41)18-7-8-19-60)59(4,5)26-37(69-23-22-66-33-69)31-78-77-30-36-24-45(50(39)57(51)75)62(44,32-70)63(36,46)76/h22-23,25,33-39,42-45,48,50-54,56-57,65,70-71,73-76H,7-21,24,26-32H2,1-6H3,(H3,64,67,68)/t35-,36-,37-,38+,39+,42-,43-,44-,45-,48+,50+,51-,52+,53+,54+,56-,57+,61-,62-,63-/m1/s1. The van der Waals surface area contributed by atoms with Crippen molar-refractivity contribution in [1.29, 1.82) is 0 Å². The van der Waals surface area contributed by atoms with Crippen LogP contribution in [0.15, 0.2) is 57.7 Å².